The molecule has 2 aromatic heterocycles. The SMILES string of the molecule is CCCOc1cccc(/C(O)=C2\C(=O)C(=O)N(CCCn3ccnc3)C2c2cccnc2)c1. The van der Waals surface area contributed by atoms with Crippen molar-refractivity contribution in [2.45, 2.75) is 32.4 Å². The number of carbonyl (C=O) groups excluding carboxylic acids is 2. The second-order valence-electron chi connectivity index (χ2n) is 7.81. The quantitative estimate of drug-likeness (QED) is 0.307. The highest BCUT2D eigenvalue weighted by molar-refractivity contribution is 6.46. The number of aromatic nitrogens is 3. The number of benzene rings is 1. The van der Waals surface area contributed by atoms with Gasteiger partial charge in [0.15, 0.2) is 0 Å². The molecule has 1 amide bonds. The number of hydrogen-bond acceptors (Lipinski definition) is 6. The number of imidazole rings is 1. The van der Waals surface area contributed by atoms with Crippen molar-refractivity contribution in [2.24, 2.45) is 0 Å². The largest absolute Gasteiger partial charge is 0.507 e. The highest BCUT2D eigenvalue weighted by Gasteiger charge is 2.45. The van der Waals surface area contributed by atoms with Crippen LogP contribution in [0.15, 0.2) is 73.1 Å². The van der Waals surface area contributed by atoms with Gasteiger partial charge in [0.25, 0.3) is 11.7 Å². The first-order chi connectivity index (χ1) is 16.1. The van der Waals surface area contributed by atoms with E-state index in [1.165, 1.54) is 4.90 Å². The lowest BCUT2D eigenvalue weighted by molar-refractivity contribution is -0.139. The molecule has 170 valence electrons. The number of nitrogens with zero attached hydrogens (tertiary/aromatic N) is 4. The minimum atomic E-state index is -0.721. The number of pyridine rings is 1. The lowest BCUT2D eigenvalue weighted by atomic mass is 9.96. The smallest absolute Gasteiger partial charge is 0.295 e. The van der Waals surface area contributed by atoms with Crippen LogP contribution in [0.2, 0.25) is 0 Å². The molecule has 1 aromatic carbocycles. The van der Waals surface area contributed by atoms with E-state index in [-0.39, 0.29) is 11.3 Å². The lowest BCUT2D eigenvalue weighted by Crippen LogP contribution is -2.31. The third-order valence-corrected chi connectivity index (χ3v) is 5.49. The molecule has 0 bridgehead atoms. The third kappa shape index (κ3) is 4.79. The molecule has 8 nitrogen and oxygen atoms in total. The van der Waals surface area contributed by atoms with Gasteiger partial charge in [0, 0.05) is 43.4 Å². The molecule has 0 saturated carbocycles. The predicted octanol–water partition coefficient (Wildman–Crippen LogP) is 3.58. The summed E-state index contributed by atoms with van der Waals surface area (Å²) in [6.07, 6.45) is 9.97. The van der Waals surface area contributed by atoms with Crippen LogP contribution < -0.4 is 4.74 Å². The molecule has 1 aliphatic heterocycles. The molecule has 1 N–H and O–H groups in total. The van der Waals surface area contributed by atoms with Gasteiger partial charge in [0.1, 0.15) is 11.5 Å². The Kier molecular flexibility index (Phi) is 6.83. The van der Waals surface area contributed by atoms with Crippen molar-refractivity contribution >= 4 is 17.4 Å². The van der Waals surface area contributed by atoms with E-state index in [2.05, 4.69) is 9.97 Å². The van der Waals surface area contributed by atoms with Crippen molar-refractivity contribution in [3.63, 3.8) is 0 Å². The molecule has 3 heterocycles. The fraction of sp³-hybridized carbons (Fsp3) is 0.280. The normalized spacial score (nSPS) is 17.5. The van der Waals surface area contributed by atoms with E-state index in [0.29, 0.717) is 43.0 Å². The van der Waals surface area contributed by atoms with Gasteiger partial charge in [-0.2, -0.15) is 0 Å². The van der Waals surface area contributed by atoms with E-state index in [1.54, 1.807) is 61.3 Å². The van der Waals surface area contributed by atoms with Crippen molar-refractivity contribution in [1.82, 2.24) is 19.4 Å². The Bertz CT molecular complexity index is 1140. The molecular weight excluding hydrogens is 420 g/mol. The van der Waals surface area contributed by atoms with Crippen LogP contribution in [0.25, 0.3) is 5.76 Å². The number of aliphatic hydroxyl groups is 1. The van der Waals surface area contributed by atoms with Crippen LogP contribution in [0, 0.1) is 0 Å². The first-order valence-corrected chi connectivity index (χ1v) is 11.0. The van der Waals surface area contributed by atoms with Crippen molar-refractivity contribution in [1.29, 1.82) is 0 Å². The Labute approximate surface area is 192 Å². The summed E-state index contributed by atoms with van der Waals surface area (Å²) in [5.41, 5.74) is 1.15. The van der Waals surface area contributed by atoms with E-state index in [0.717, 1.165) is 6.42 Å². The van der Waals surface area contributed by atoms with Gasteiger partial charge in [-0.25, -0.2) is 4.98 Å². The summed E-state index contributed by atoms with van der Waals surface area (Å²) in [6.45, 7) is 3.55. The second kappa shape index (κ2) is 10.1. The summed E-state index contributed by atoms with van der Waals surface area (Å²) >= 11 is 0. The van der Waals surface area contributed by atoms with Gasteiger partial charge in [0.05, 0.1) is 24.5 Å². The maximum absolute atomic E-state index is 13.1. The average molecular weight is 447 g/mol. The van der Waals surface area contributed by atoms with Gasteiger partial charge in [-0.1, -0.05) is 25.1 Å². The fourth-order valence-electron chi connectivity index (χ4n) is 3.95. The molecule has 1 fully saturated rings. The molecular formula is C25H26N4O4. The van der Waals surface area contributed by atoms with Crippen LogP contribution in [0.5, 0.6) is 5.75 Å². The molecule has 0 spiro atoms. The number of rotatable bonds is 9. The molecule has 1 aliphatic rings. The number of likely N-dealkylation sites (tertiary alicyclic amines) is 1. The van der Waals surface area contributed by atoms with Gasteiger partial charge in [-0.3, -0.25) is 14.6 Å². The zero-order valence-corrected chi connectivity index (χ0v) is 18.4. The van der Waals surface area contributed by atoms with Crippen molar-refractivity contribution in [2.75, 3.05) is 13.2 Å². The van der Waals surface area contributed by atoms with E-state index in [9.17, 15) is 14.7 Å². The van der Waals surface area contributed by atoms with Crippen molar-refractivity contribution in [3.8, 4) is 5.75 Å². The van der Waals surface area contributed by atoms with E-state index in [1.807, 2.05) is 17.7 Å². The number of aliphatic hydroxyl groups excluding tert-OH is 1. The first-order valence-electron chi connectivity index (χ1n) is 11.0. The molecule has 33 heavy (non-hydrogen) atoms. The molecule has 3 aromatic rings. The summed E-state index contributed by atoms with van der Waals surface area (Å²) in [4.78, 5) is 35.8. The highest BCUT2D eigenvalue weighted by atomic mass is 16.5. The van der Waals surface area contributed by atoms with E-state index < -0.39 is 17.7 Å². The van der Waals surface area contributed by atoms with E-state index >= 15 is 0 Å². The number of ether oxygens (including phenoxy) is 1. The summed E-state index contributed by atoms with van der Waals surface area (Å²) in [5, 5.41) is 11.2. The number of hydrogen-bond donors (Lipinski definition) is 1. The minimum Gasteiger partial charge on any atom is -0.507 e. The van der Waals surface area contributed by atoms with Crippen LogP contribution in [0.4, 0.5) is 0 Å². The maximum Gasteiger partial charge on any atom is 0.295 e. The molecule has 0 radical (unpaired) electrons. The van der Waals surface area contributed by atoms with Crippen LogP contribution in [0.3, 0.4) is 0 Å². The van der Waals surface area contributed by atoms with Gasteiger partial charge in [-0.15, -0.1) is 0 Å². The first kappa shape index (κ1) is 22.3. The summed E-state index contributed by atoms with van der Waals surface area (Å²) in [6, 6.07) is 9.75. The van der Waals surface area contributed by atoms with Gasteiger partial charge in [-0.05, 0) is 36.6 Å². The molecule has 0 aliphatic carbocycles. The molecule has 4 rings (SSSR count). The third-order valence-electron chi connectivity index (χ3n) is 5.49. The Hall–Kier alpha value is -3.94. The average Bonchev–Trinajstić information content (AvgIpc) is 3.45. The Morgan fingerprint density at radius 2 is 2.00 bits per heavy atom. The highest BCUT2D eigenvalue weighted by Crippen LogP contribution is 2.39. The number of aryl methyl sites for hydroxylation is 1. The summed E-state index contributed by atoms with van der Waals surface area (Å²) in [7, 11) is 0. The zero-order valence-electron chi connectivity index (χ0n) is 18.4. The van der Waals surface area contributed by atoms with Crippen LogP contribution in [-0.4, -0.2) is 49.4 Å². The van der Waals surface area contributed by atoms with Gasteiger partial charge in [0.2, 0.25) is 0 Å². The summed E-state index contributed by atoms with van der Waals surface area (Å²) < 4.78 is 7.58. The minimum absolute atomic E-state index is 0.0586. The predicted molar refractivity (Wildman–Crippen MR) is 122 cm³/mol. The maximum atomic E-state index is 13.1. The van der Waals surface area contributed by atoms with E-state index in [4.69, 9.17) is 4.74 Å². The molecule has 1 unspecified atom stereocenters. The topological polar surface area (TPSA) is 97.6 Å². The van der Waals surface area contributed by atoms with Gasteiger partial charge >= 0.3 is 0 Å². The van der Waals surface area contributed by atoms with Crippen LogP contribution in [-0.2, 0) is 16.1 Å². The standard InChI is InChI=1S/C25H26N4O4/c1-2-14-33-20-8-3-6-18(15-20)23(30)21-22(19-7-4-9-26-16-19)29(25(32)24(21)31)12-5-11-28-13-10-27-17-28/h3-4,6-10,13,15-17,22,30H,2,5,11-12,14H2,1H3/b23-21+. The number of Topliss-reactive ketones (excluding diaryl/α,β-unsaturated/α-hetero) is 1. The second-order valence-corrected chi connectivity index (χ2v) is 7.81. The Morgan fingerprint density at radius 3 is 2.73 bits per heavy atom. The number of ketones is 1. The number of carbonyl (C=O) groups is 2. The molecule has 1 saturated heterocycles. The molecule has 8 heteroatoms. The Morgan fingerprint density at radius 1 is 1.12 bits per heavy atom. The summed E-state index contributed by atoms with van der Waals surface area (Å²) in [5.74, 6) is -0.965. The van der Waals surface area contributed by atoms with Crippen LogP contribution >= 0.6 is 0 Å². The zero-order chi connectivity index (χ0) is 23.2. The lowest BCUT2D eigenvalue weighted by Gasteiger charge is -2.25. The fourth-order valence-corrected chi connectivity index (χ4v) is 3.95. The van der Waals surface area contributed by atoms with Crippen molar-refractivity contribution in [3.05, 3.63) is 84.2 Å². The number of amides is 1. The Balaban J connectivity index is 1.69. The van der Waals surface area contributed by atoms with Crippen molar-refractivity contribution < 1.29 is 19.4 Å². The molecule has 1 atom stereocenters. The van der Waals surface area contributed by atoms with Crippen LogP contribution in [0.1, 0.15) is 36.9 Å². The van der Waals surface area contributed by atoms with Gasteiger partial charge < -0.3 is 19.3 Å². The monoisotopic (exact) mass is 446 g/mol.